The highest BCUT2D eigenvalue weighted by molar-refractivity contribution is 5.81. The van der Waals surface area contributed by atoms with Crippen LogP contribution in [0.5, 0.6) is 0 Å². The van der Waals surface area contributed by atoms with Crippen molar-refractivity contribution in [3.63, 3.8) is 0 Å². The molecule has 4 atom stereocenters. The van der Waals surface area contributed by atoms with Gasteiger partial charge in [-0.05, 0) is 38.1 Å². The van der Waals surface area contributed by atoms with Gasteiger partial charge in [-0.1, -0.05) is 13.3 Å². The minimum Gasteiger partial charge on any atom is -0.351 e. The maximum atomic E-state index is 11.9. The van der Waals surface area contributed by atoms with E-state index in [-0.39, 0.29) is 0 Å². The second-order valence-corrected chi connectivity index (χ2v) is 5.82. The largest absolute Gasteiger partial charge is 0.351 e. The van der Waals surface area contributed by atoms with Gasteiger partial charge < -0.3 is 5.32 Å². The van der Waals surface area contributed by atoms with Crippen LogP contribution in [-0.2, 0) is 4.79 Å². The number of nitrogens with one attached hydrogen (secondary N) is 1. The van der Waals surface area contributed by atoms with Crippen molar-refractivity contribution in [2.75, 3.05) is 13.1 Å². The van der Waals surface area contributed by atoms with Crippen molar-refractivity contribution in [2.24, 2.45) is 11.8 Å². The predicted octanol–water partition coefficient (Wildman–Crippen LogP) is 1.39. The second-order valence-electron chi connectivity index (χ2n) is 5.82. The van der Waals surface area contributed by atoms with Crippen LogP contribution >= 0.6 is 0 Å². The van der Waals surface area contributed by atoms with E-state index in [1.54, 1.807) is 0 Å². The molecule has 0 aromatic heterocycles. The highest BCUT2D eigenvalue weighted by Crippen LogP contribution is 2.38. The van der Waals surface area contributed by atoms with Gasteiger partial charge >= 0.3 is 0 Å². The van der Waals surface area contributed by atoms with Gasteiger partial charge in [0.1, 0.15) is 0 Å². The lowest BCUT2D eigenvalue weighted by Gasteiger charge is -2.32. The molecular weight excluding hydrogens is 200 g/mol. The summed E-state index contributed by atoms with van der Waals surface area (Å²) in [7, 11) is 0. The first kappa shape index (κ1) is 10.6. The smallest absolute Gasteiger partial charge is 0.223 e. The molecule has 0 radical (unpaired) electrons. The lowest BCUT2D eigenvalue weighted by atomic mass is 9.99. The molecule has 3 aliphatic rings. The fourth-order valence-electron chi connectivity index (χ4n) is 3.39. The summed E-state index contributed by atoms with van der Waals surface area (Å²) in [6.45, 7) is 4.61. The summed E-state index contributed by atoms with van der Waals surface area (Å²) in [5.41, 5.74) is 0. The fourth-order valence-corrected chi connectivity index (χ4v) is 3.39. The first-order chi connectivity index (χ1) is 7.75. The molecular formula is C13H22N2O. The maximum absolute atomic E-state index is 11.9. The van der Waals surface area contributed by atoms with Crippen molar-refractivity contribution in [1.82, 2.24) is 10.2 Å². The Morgan fingerprint density at radius 1 is 1.25 bits per heavy atom. The topological polar surface area (TPSA) is 32.3 Å². The van der Waals surface area contributed by atoms with Crippen molar-refractivity contribution in [2.45, 2.75) is 51.1 Å². The van der Waals surface area contributed by atoms with Crippen LogP contribution in [0.15, 0.2) is 0 Å². The first-order valence-corrected chi connectivity index (χ1v) is 6.80. The van der Waals surface area contributed by atoms with Gasteiger partial charge in [0.2, 0.25) is 5.91 Å². The third-order valence-corrected chi connectivity index (χ3v) is 4.63. The Labute approximate surface area is 97.6 Å². The average Bonchev–Trinajstić information content (AvgIpc) is 2.89. The van der Waals surface area contributed by atoms with Crippen LogP contribution in [0.3, 0.4) is 0 Å². The number of fused-ring (bicyclic) bond motifs is 1. The maximum Gasteiger partial charge on any atom is 0.223 e. The Morgan fingerprint density at radius 3 is 2.81 bits per heavy atom. The zero-order valence-electron chi connectivity index (χ0n) is 10.1. The summed E-state index contributed by atoms with van der Waals surface area (Å²) in [6.07, 6.45) is 6.24. The molecule has 0 bridgehead atoms. The number of carbonyl (C=O) groups excluding carboxylic acids is 1. The van der Waals surface area contributed by atoms with E-state index < -0.39 is 0 Å². The Bertz CT molecular complexity index is 292. The molecule has 1 N–H and O–H groups in total. The number of amides is 1. The van der Waals surface area contributed by atoms with E-state index in [0.717, 1.165) is 12.8 Å². The van der Waals surface area contributed by atoms with Crippen LogP contribution in [0.25, 0.3) is 0 Å². The minimum absolute atomic E-state index is 0.324. The normalized spacial score (nSPS) is 42.8. The molecule has 0 spiro atoms. The molecule has 2 aliphatic heterocycles. The van der Waals surface area contributed by atoms with Crippen molar-refractivity contribution >= 4 is 5.91 Å². The van der Waals surface area contributed by atoms with E-state index in [2.05, 4.69) is 17.1 Å². The number of hydrogen-bond donors (Lipinski definition) is 1. The lowest BCUT2D eigenvalue weighted by Crippen LogP contribution is -2.47. The standard InChI is InChI=1S/C13H22N2O/c1-9-8-10(9)13(16)14-11-5-7-15-6-3-2-4-12(11)15/h9-12H,2-8H2,1H3,(H,14,16). The molecule has 2 saturated heterocycles. The molecule has 0 aromatic carbocycles. The zero-order valence-corrected chi connectivity index (χ0v) is 10.1. The average molecular weight is 222 g/mol. The van der Waals surface area contributed by atoms with E-state index in [0.29, 0.717) is 29.8 Å². The van der Waals surface area contributed by atoms with Gasteiger partial charge in [-0.3, -0.25) is 9.69 Å². The predicted molar refractivity (Wildman–Crippen MR) is 63.0 cm³/mol. The molecule has 1 aliphatic carbocycles. The van der Waals surface area contributed by atoms with Crippen LogP contribution < -0.4 is 5.32 Å². The van der Waals surface area contributed by atoms with Gasteiger partial charge in [-0.25, -0.2) is 0 Å². The molecule has 3 heteroatoms. The van der Waals surface area contributed by atoms with Gasteiger partial charge in [-0.15, -0.1) is 0 Å². The molecule has 2 heterocycles. The summed E-state index contributed by atoms with van der Waals surface area (Å²) >= 11 is 0. The highest BCUT2D eigenvalue weighted by Gasteiger charge is 2.42. The molecule has 4 unspecified atom stereocenters. The molecule has 3 nitrogen and oxygen atoms in total. The van der Waals surface area contributed by atoms with Crippen LogP contribution in [-0.4, -0.2) is 36.0 Å². The summed E-state index contributed by atoms with van der Waals surface area (Å²) in [6, 6.07) is 1.09. The summed E-state index contributed by atoms with van der Waals surface area (Å²) < 4.78 is 0. The monoisotopic (exact) mass is 222 g/mol. The molecule has 3 rings (SSSR count). The van der Waals surface area contributed by atoms with Gasteiger partial charge in [0, 0.05) is 24.5 Å². The third kappa shape index (κ3) is 1.86. The minimum atomic E-state index is 0.324. The number of nitrogens with zero attached hydrogens (tertiary/aromatic N) is 1. The van der Waals surface area contributed by atoms with Gasteiger partial charge in [-0.2, -0.15) is 0 Å². The van der Waals surface area contributed by atoms with Crippen molar-refractivity contribution < 1.29 is 4.79 Å². The number of piperidine rings is 1. The van der Waals surface area contributed by atoms with E-state index >= 15 is 0 Å². The van der Waals surface area contributed by atoms with Gasteiger partial charge in [0.25, 0.3) is 0 Å². The zero-order chi connectivity index (χ0) is 11.1. The molecule has 1 amide bonds. The van der Waals surface area contributed by atoms with Crippen molar-refractivity contribution in [3.8, 4) is 0 Å². The van der Waals surface area contributed by atoms with Crippen LogP contribution in [0, 0.1) is 11.8 Å². The first-order valence-electron chi connectivity index (χ1n) is 6.80. The highest BCUT2D eigenvalue weighted by atomic mass is 16.2. The Kier molecular flexibility index (Phi) is 2.66. The molecule has 16 heavy (non-hydrogen) atoms. The van der Waals surface area contributed by atoms with E-state index in [9.17, 15) is 4.79 Å². The summed E-state index contributed by atoms with van der Waals surface area (Å²) in [4.78, 5) is 14.5. The van der Waals surface area contributed by atoms with Crippen LogP contribution in [0.4, 0.5) is 0 Å². The summed E-state index contributed by atoms with van der Waals surface area (Å²) in [5.74, 6) is 1.28. The van der Waals surface area contributed by atoms with Gasteiger partial charge in [0.15, 0.2) is 0 Å². The fraction of sp³-hybridized carbons (Fsp3) is 0.923. The molecule has 1 saturated carbocycles. The van der Waals surface area contributed by atoms with Gasteiger partial charge in [0.05, 0.1) is 0 Å². The van der Waals surface area contributed by atoms with E-state index in [1.807, 2.05) is 0 Å². The lowest BCUT2D eigenvalue weighted by molar-refractivity contribution is -0.123. The van der Waals surface area contributed by atoms with Crippen molar-refractivity contribution in [1.29, 1.82) is 0 Å². The van der Waals surface area contributed by atoms with Crippen LogP contribution in [0.2, 0.25) is 0 Å². The number of hydrogen-bond acceptors (Lipinski definition) is 2. The molecule has 3 fully saturated rings. The summed E-state index contributed by atoms with van der Waals surface area (Å²) in [5, 5.41) is 3.29. The van der Waals surface area contributed by atoms with E-state index in [4.69, 9.17) is 0 Å². The quantitative estimate of drug-likeness (QED) is 0.765. The van der Waals surface area contributed by atoms with Crippen LogP contribution in [0.1, 0.15) is 39.0 Å². The second kappa shape index (κ2) is 4.02. The third-order valence-electron chi connectivity index (χ3n) is 4.63. The number of carbonyl (C=O) groups is 1. The Morgan fingerprint density at radius 2 is 2.06 bits per heavy atom. The van der Waals surface area contributed by atoms with Crippen molar-refractivity contribution in [3.05, 3.63) is 0 Å². The molecule has 90 valence electrons. The number of rotatable bonds is 2. The Hall–Kier alpha value is -0.570. The SMILES string of the molecule is CC1CC1C(=O)NC1CCN2CCCCC12. The van der Waals surface area contributed by atoms with E-state index in [1.165, 1.54) is 32.4 Å². The molecule has 0 aromatic rings. The Balaban J connectivity index is 1.56.